The van der Waals surface area contributed by atoms with Crippen molar-refractivity contribution in [3.8, 4) is 0 Å². The van der Waals surface area contributed by atoms with Crippen molar-refractivity contribution in [1.82, 2.24) is 10.2 Å². The molecular weight excluding hydrogens is 379 g/mol. The van der Waals surface area contributed by atoms with Gasteiger partial charge in [-0.2, -0.15) is 0 Å². The Labute approximate surface area is 181 Å². The molecule has 2 N–H and O–H groups in total. The molecule has 4 nitrogen and oxygen atoms in total. The number of nitrogens with one attached hydrogen (secondary N) is 1. The summed E-state index contributed by atoms with van der Waals surface area (Å²) in [6.07, 6.45) is 18.5. The Bertz CT molecular complexity index is 658. The highest BCUT2D eigenvalue weighted by atomic mass is 19.1. The van der Waals surface area contributed by atoms with Crippen LogP contribution in [0, 0.1) is 5.92 Å². The van der Waals surface area contributed by atoms with Crippen molar-refractivity contribution >= 4 is 5.91 Å². The average Bonchev–Trinajstić information content (AvgIpc) is 2.75. The molecular formula is C25H39FN2O2. The molecule has 1 unspecified atom stereocenters. The molecule has 1 amide bonds. The highest BCUT2D eigenvalue weighted by Gasteiger charge is 2.33. The minimum atomic E-state index is -0.661. The van der Waals surface area contributed by atoms with Gasteiger partial charge in [-0.05, 0) is 62.7 Å². The van der Waals surface area contributed by atoms with Crippen LogP contribution in [-0.2, 0) is 4.79 Å². The van der Waals surface area contributed by atoms with Crippen LogP contribution in [0.5, 0.6) is 0 Å². The van der Waals surface area contributed by atoms with Gasteiger partial charge in [-0.1, -0.05) is 50.7 Å². The molecule has 0 radical (unpaired) electrons. The molecule has 1 atom stereocenters. The fraction of sp³-hybridized carbons (Fsp3) is 0.720. The average molecular weight is 419 g/mol. The zero-order valence-electron chi connectivity index (χ0n) is 18.5. The third-order valence-electron chi connectivity index (χ3n) is 7.00. The van der Waals surface area contributed by atoms with E-state index >= 15 is 0 Å². The van der Waals surface area contributed by atoms with Gasteiger partial charge in [-0.3, -0.25) is 4.79 Å². The quantitative estimate of drug-likeness (QED) is 0.584. The summed E-state index contributed by atoms with van der Waals surface area (Å²) in [4.78, 5) is 15.1. The molecule has 0 aromatic heterocycles. The van der Waals surface area contributed by atoms with Gasteiger partial charge in [-0.15, -0.1) is 0 Å². The van der Waals surface area contributed by atoms with Crippen molar-refractivity contribution in [3.63, 3.8) is 0 Å². The van der Waals surface area contributed by atoms with Gasteiger partial charge in [0.25, 0.3) is 0 Å². The Morgan fingerprint density at radius 3 is 2.63 bits per heavy atom. The molecule has 0 bridgehead atoms. The second-order valence-corrected chi connectivity index (χ2v) is 9.39. The monoisotopic (exact) mass is 418 g/mol. The van der Waals surface area contributed by atoms with Crippen molar-refractivity contribution in [2.45, 2.75) is 89.2 Å². The van der Waals surface area contributed by atoms with E-state index in [2.05, 4.69) is 11.4 Å². The molecule has 0 saturated heterocycles. The van der Waals surface area contributed by atoms with Gasteiger partial charge in [0, 0.05) is 13.1 Å². The molecule has 3 rings (SSSR count). The summed E-state index contributed by atoms with van der Waals surface area (Å²) in [5.41, 5.74) is 0.334. The lowest BCUT2D eigenvalue weighted by molar-refractivity contribution is -0.133. The minimum absolute atomic E-state index is 0.0516. The first kappa shape index (κ1) is 23.2. The van der Waals surface area contributed by atoms with E-state index in [0.29, 0.717) is 25.4 Å². The van der Waals surface area contributed by atoms with E-state index in [1.54, 1.807) is 12.2 Å². The summed E-state index contributed by atoms with van der Waals surface area (Å²) < 4.78 is 14.0. The van der Waals surface area contributed by atoms with Crippen LogP contribution in [0.3, 0.4) is 0 Å². The number of nitrogens with zero attached hydrogens (tertiary/aromatic N) is 1. The largest absolute Gasteiger partial charge is 0.389 e. The molecule has 2 fully saturated rings. The van der Waals surface area contributed by atoms with E-state index in [4.69, 9.17) is 0 Å². The normalized spacial score (nSPS) is 26.1. The minimum Gasteiger partial charge on any atom is -0.389 e. The van der Waals surface area contributed by atoms with Gasteiger partial charge in [0.2, 0.25) is 5.91 Å². The van der Waals surface area contributed by atoms with Crippen molar-refractivity contribution < 1.29 is 14.3 Å². The molecule has 168 valence electrons. The van der Waals surface area contributed by atoms with Crippen molar-refractivity contribution in [3.05, 3.63) is 35.7 Å². The van der Waals surface area contributed by atoms with E-state index < -0.39 is 5.60 Å². The maximum absolute atomic E-state index is 14.0. The molecule has 0 aromatic rings. The lowest BCUT2D eigenvalue weighted by Gasteiger charge is -2.40. The summed E-state index contributed by atoms with van der Waals surface area (Å²) in [5, 5.41) is 13.9. The molecule has 1 heterocycles. The van der Waals surface area contributed by atoms with E-state index in [9.17, 15) is 14.3 Å². The van der Waals surface area contributed by atoms with E-state index in [-0.39, 0.29) is 24.3 Å². The van der Waals surface area contributed by atoms with Crippen molar-refractivity contribution in [1.29, 1.82) is 0 Å². The third-order valence-corrected chi connectivity index (χ3v) is 7.00. The number of halogens is 1. The van der Waals surface area contributed by atoms with E-state index in [1.165, 1.54) is 31.8 Å². The topological polar surface area (TPSA) is 52.6 Å². The smallest absolute Gasteiger partial charge is 0.237 e. The van der Waals surface area contributed by atoms with Gasteiger partial charge < -0.3 is 15.3 Å². The number of rotatable bonds is 7. The maximum atomic E-state index is 14.0. The van der Waals surface area contributed by atoms with Crippen LogP contribution in [0.25, 0.3) is 0 Å². The molecule has 3 aliphatic rings. The second kappa shape index (κ2) is 11.2. The number of carbonyl (C=O) groups is 1. The number of aliphatic hydroxyl groups is 1. The Hall–Kier alpha value is -1.46. The molecule has 30 heavy (non-hydrogen) atoms. The first-order chi connectivity index (χ1) is 14.5. The molecule has 1 aliphatic heterocycles. The van der Waals surface area contributed by atoms with Gasteiger partial charge >= 0.3 is 0 Å². The molecule has 2 aliphatic carbocycles. The number of allylic oxidation sites excluding steroid dienone is 4. The summed E-state index contributed by atoms with van der Waals surface area (Å²) in [5.74, 6) is 0.324. The highest BCUT2D eigenvalue weighted by molar-refractivity contribution is 5.79. The highest BCUT2D eigenvalue weighted by Crippen LogP contribution is 2.33. The molecule has 2 saturated carbocycles. The fourth-order valence-corrected chi connectivity index (χ4v) is 5.34. The van der Waals surface area contributed by atoms with E-state index in [0.717, 1.165) is 44.1 Å². The second-order valence-electron chi connectivity index (χ2n) is 9.39. The standard InChI is InChI=1S/C25H39FN2O2/c1-2-9-22(26)16-20-12-15-28(23(17-20)21-10-5-3-6-11-21)24(29)18-27-19-25(30)13-7-4-8-14-25/h2,9,16-17,21,23,27,30H,3-8,10-15,18-19H2,1H3/b9-2-,22-16+. The molecule has 0 spiro atoms. The number of hydrogen-bond donors (Lipinski definition) is 2. The molecule has 5 heteroatoms. The lowest BCUT2D eigenvalue weighted by atomic mass is 9.81. The Morgan fingerprint density at radius 2 is 1.93 bits per heavy atom. The Kier molecular flexibility index (Phi) is 8.70. The van der Waals surface area contributed by atoms with Crippen LogP contribution >= 0.6 is 0 Å². The maximum Gasteiger partial charge on any atom is 0.237 e. The predicted molar refractivity (Wildman–Crippen MR) is 120 cm³/mol. The van der Waals surface area contributed by atoms with Gasteiger partial charge in [0.05, 0.1) is 18.2 Å². The fourth-order valence-electron chi connectivity index (χ4n) is 5.34. The third kappa shape index (κ3) is 6.52. The number of carbonyl (C=O) groups excluding carboxylic acids is 1. The van der Waals surface area contributed by atoms with Gasteiger partial charge in [-0.25, -0.2) is 4.39 Å². The number of hydrogen-bond acceptors (Lipinski definition) is 3. The summed E-state index contributed by atoms with van der Waals surface area (Å²) >= 11 is 0. The van der Waals surface area contributed by atoms with Crippen LogP contribution in [0.1, 0.15) is 77.6 Å². The van der Waals surface area contributed by atoms with Crippen molar-refractivity contribution in [2.24, 2.45) is 5.92 Å². The SMILES string of the molecule is C/C=C\C(F)=C/C1=CC(C2CCCCC2)N(C(=O)CNCC2(O)CCCCC2)CC1. The van der Waals surface area contributed by atoms with Crippen molar-refractivity contribution in [2.75, 3.05) is 19.6 Å². The van der Waals surface area contributed by atoms with Crippen LogP contribution in [0.2, 0.25) is 0 Å². The number of amides is 1. The summed E-state index contributed by atoms with van der Waals surface area (Å²) in [7, 11) is 0. The zero-order chi connectivity index (χ0) is 21.4. The predicted octanol–water partition coefficient (Wildman–Crippen LogP) is 4.81. The van der Waals surface area contributed by atoms with E-state index in [1.807, 2.05) is 11.8 Å². The first-order valence-corrected chi connectivity index (χ1v) is 11.9. The van der Waals surface area contributed by atoms with Crippen LogP contribution in [0.15, 0.2) is 35.7 Å². The Balaban J connectivity index is 1.64. The summed E-state index contributed by atoms with van der Waals surface area (Å²) in [6, 6.07) is 0.0516. The van der Waals surface area contributed by atoms with Gasteiger partial charge in [0.15, 0.2) is 0 Å². The molecule has 0 aromatic carbocycles. The zero-order valence-corrected chi connectivity index (χ0v) is 18.5. The van der Waals surface area contributed by atoms with Gasteiger partial charge in [0.1, 0.15) is 5.83 Å². The lowest BCUT2D eigenvalue weighted by Crippen LogP contribution is -2.51. The van der Waals surface area contributed by atoms with Crippen LogP contribution in [0.4, 0.5) is 4.39 Å². The van der Waals surface area contributed by atoms with Crippen LogP contribution < -0.4 is 5.32 Å². The summed E-state index contributed by atoms with van der Waals surface area (Å²) in [6.45, 7) is 3.19. The Morgan fingerprint density at radius 1 is 1.23 bits per heavy atom. The first-order valence-electron chi connectivity index (χ1n) is 11.9. The van der Waals surface area contributed by atoms with Crippen LogP contribution in [-0.4, -0.2) is 47.2 Å².